The van der Waals surface area contributed by atoms with Gasteiger partial charge in [0.2, 0.25) is 0 Å². The highest BCUT2D eigenvalue weighted by Crippen LogP contribution is 2.12. The highest BCUT2D eigenvalue weighted by Gasteiger charge is 2.10. The maximum absolute atomic E-state index is 11.6. The summed E-state index contributed by atoms with van der Waals surface area (Å²) in [6.07, 6.45) is 4.61. The highest BCUT2D eigenvalue weighted by atomic mass is 35.5. The standard InChI is InChI=1S/C10H11ClN2O/c1-3-7(2)13-10(14)8-4-5-12-6-9(8)11/h3-7H,1H2,2H3,(H,13,14). The lowest BCUT2D eigenvalue weighted by Crippen LogP contribution is -2.31. The molecule has 1 amide bonds. The first-order chi connectivity index (χ1) is 6.65. The number of pyridine rings is 1. The average Bonchev–Trinajstić information content (AvgIpc) is 2.18. The second-order valence-corrected chi connectivity index (χ2v) is 3.26. The van der Waals surface area contributed by atoms with Crippen LogP contribution >= 0.6 is 11.6 Å². The summed E-state index contributed by atoms with van der Waals surface area (Å²) in [6, 6.07) is 1.50. The number of halogens is 1. The van der Waals surface area contributed by atoms with Gasteiger partial charge in [-0.25, -0.2) is 0 Å². The van der Waals surface area contributed by atoms with Crippen LogP contribution in [0.4, 0.5) is 0 Å². The van der Waals surface area contributed by atoms with Crippen LogP contribution < -0.4 is 5.32 Å². The van der Waals surface area contributed by atoms with E-state index in [4.69, 9.17) is 11.6 Å². The fourth-order valence-electron chi connectivity index (χ4n) is 0.903. The molecular weight excluding hydrogens is 200 g/mol. The second-order valence-electron chi connectivity index (χ2n) is 2.85. The van der Waals surface area contributed by atoms with Crippen LogP contribution in [-0.4, -0.2) is 16.9 Å². The van der Waals surface area contributed by atoms with Gasteiger partial charge in [-0.2, -0.15) is 0 Å². The SMILES string of the molecule is C=CC(C)NC(=O)c1ccncc1Cl. The summed E-state index contributed by atoms with van der Waals surface area (Å²) in [5.41, 5.74) is 0.426. The van der Waals surface area contributed by atoms with E-state index in [0.29, 0.717) is 10.6 Å². The number of carbonyl (C=O) groups is 1. The Hall–Kier alpha value is -1.35. The molecule has 0 fully saturated rings. The van der Waals surface area contributed by atoms with Crippen molar-refractivity contribution >= 4 is 17.5 Å². The molecule has 1 rings (SSSR count). The molecule has 1 atom stereocenters. The smallest absolute Gasteiger partial charge is 0.253 e. The van der Waals surface area contributed by atoms with Gasteiger partial charge in [0.15, 0.2) is 0 Å². The molecule has 0 aliphatic heterocycles. The molecule has 0 saturated heterocycles. The van der Waals surface area contributed by atoms with Gasteiger partial charge in [0.05, 0.1) is 10.6 Å². The van der Waals surface area contributed by atoms with Gasteiger partial charge in [0.25, 0.3) is 5.91 Å². The summed E-state index contributed by atoms with van der Waals surface area (Å²) in [4.78, 5) is 15.4. The van der Waals surface area contributed by atoms with Crippen LogP contribution in [0.5, 0.6) is 0 Å². The number of nitrogens with one attached hydrogen (secondary N) is 1. The molecule has 3 nitrogen and oxygen atoms in total. The van der Waals surface area contributed by atoms with Crippen molar-refractivity contribution in [2.75, 3.05) is 0 Å². The van der Waals surface area contributed by atoms with Crippen LogP contribution in [0.25, 0.3) is 0 Å². The average molecular weight is 211 g/mol. The van der Waals surface area contributed by atoms with Crippen LogP contribution in [0.3, 0.4) is 0 Å². The van der Waals surface area contributed by atoms with Gasteiger partial charge in [-0.15, -0.1) is 6.58 Å². The minimum Gasteiger partial charge on any atom is -0.346 e. The van der Waals surface area contributed by atoms with E-state index in [9.17, 15) is 4.79 Å². The monoisotopic (exact) mass is 210 g/mol. The van der Waals surface area contributed by atoms with Gasteiger partial charge in [0.1, 0.15) is 0 Å². The van der Waals surface area contributed by atoms with E-state index in [-0.39, 0.29) is 11.9 Å². The van der Waals surface area contributed by atoms with Crippen LogP contribution in [0.1, 0.15) is 17.3 Å². The first kappa shape index (κ1) is 10.7. The van der Waals surface area contributed by atoms with Crippen LogP contribution in [0.15, 0.2) is 31.1 Å². The predicted octanol–water partition coefficient (Wildman–Crippen LogP) is 2.04. The molecule has 1 aromatic rings. The minimum absolute atomic E-state index is 0.0771. The quantitative estimate of drug-likeness (QED) is 0.776. The molecule has 0 aliphatic carbocycles. The van der Waals surface area contributed by atoms with E-state index in [0.717, 1.165) is 0 Å². The van der Waals surface area contributed by atoms with Crippen molar-refractivity contribution in [3.63, 3.8) is 0 Å². The predicted molar refractivity (Wildman–Crippen MR) is 56.4 cm³/mol. The Morgan fingerprint density at radius 2 is 2.50 bits per heavy atom. The van der Waals surface area contributed by atoms with Gasteiger partial charge >= 0.3 is 0 Å². The van der Waals surface area contributed by atoms with E-state index >= 15 is 0 Å². The van der Waals surface area contributed by atoms with Gasteiger partial charge in [0, 0.05) is 18.4 Å². The Labute approximate surface area is 87.8 Å². The molecular formula is C10H11ClN2O. The molecule has 0 aromatic carbocycles. The first-order valence-corrected chi connectivity index (χ1v) is 4.56. The molecule has 74 valence electrons. The molecule has 14 heavy (non-hydrogen) atoms. The molecule has 4 heteroatoms. The summed E-state index contributed by atoms with van der Waals surface area (Å²) in [5, 5.41) is 3.07. The summed E-state index contributed by atoms with van der Waals surface area (Å²) < 4.78 is 0. The van der Waals surface area contributed by atoms with E-state index in [1.165, 1.54) is 12.4 Å². The Morgan fingerprint density at radius 3 is 3.07 bits per heavy atom. The lowest BCUT2D eigenvalue weighted by atomic mass is 10.2. The van der Waals surface area contributed by atoms with Crippen molar-refractivity contribution in [3.05, 3.63) is 41.7 Å². The molecule has 1 heterocycles. The number of rotatable bonds is 3. The Kier molecular flexibility index (Phi) is 3.65. The van der Waals surface area contributed by atoms with Crippen molar-refractivity contribution in [1.82, 2.24) is 10.3 Å². The normalized spacial score (nSPS) is 11.9. The molecule has 1 N–H and O–H groups in total. The molecule has 0 saturated carbocycles. The second kappa shape index (κ2) is 4.77. The van der Waals surface area contributed by atoms with E-state index in [1.807, 2.05) is 6.92 Å². The number of carbonyl (C=O) groups excluding carboxylic acids is 1. The zero-order valence-corrected chi connectivity index (χ0v) is 8.58. The molecule has 0 bridgehead atoms. The van der Waals surface area contributed by atoms with Crippen molar-refractivity contribution in [1.29, 1.82) is 0 Å². The molecule has 1 aromatic heterocycles. The van der Waals surface area contributed by atoms with Gasteiger partial charge < -0.3 is 5.32 Å². The fraction of sp³-hybridized carbons (Fsp3) is 0.200. The van der Waals surface area contributed by atoms with Crippen LogP contribution in [0, 0.1) is 0 Å². The molecule has 0 aliphatic rings. The summed E-state index contributed by atoms with van der Waals surface area (Å²) >= 11 is 5.80. The van der Waals surface area contributed by atoms with Gasteiger partial charge in [-0.05, 0) is 13.0 Å². The molecule has 0 radical (unpaired) electrons. The maximum Gasteiger partial charge on any atom is 0.253 e. The topological polar surface area (TPSA) is 42.0 Å². The van der Waals surface area contributed by atoms with Crippen molar-refractivity contribution in [3.8, 4) is 0 Å². The number of aromatic nitrogens is 1. The lowest BCUT2D eigenvalue weighted by Gasteiger charge is -2.09. The van der Waals surface area contributed by atoms with Crippen molar-refractivity contribution < 1.29 is 4.79 Å². The Bertz CT molecular complexity index is 352. The Balaban J connectivity index is 2.80. The maximum atomic E-state index is 11.6. The minimum atomic E-state index is -0.218. The number of amides is 1. The largest absolute Gasteiger partial charge is 0.346 e. The zero-order chi connectivity index (χ0) is 10.6. The first-order valence-electron chi connectivity index (χ1n) is 4.18. The van der Waals surface area contributed by atoms with E-state index in [1.54, 1.807) is 12.1 Å². The summed E-state index contributed by atoms with van der Waals surface area (Å²) in [6.45, 7) is 5.40. The van der Waals surface area contributed by atoms with Crippen LogP contribution in [0.2, 0.25) is 5.02 Å². The number of nitrogens with zero attached hydrogens (tertiary/aromatic N) is 1. The summed E-state index contributed by atoms with van der Waals surface area (Å²) in [5.74, 6) is -0.218. The third kappa shape index (κ3) is 2.57. The van der Waals surface area contributed by atoms with E-state index in [2.05, 4.69) is 16.9 Å². The van der Waals surface area contributed by atoms with Gasteiger partial charge in [-0.3, -0.25) is 9.78 Å². The number of hydrogen-bond acceptors (Lipinski definition) is 2. The van der Waals surface area contributed by atoms with Crippen LogP contribution in [-0.2, 0) is 0 Å². The fourth-order valence-corrected chi connectivity index (χ4v) is 1.11. The zero-order valence-electron chi connectivity index (χ0n) is 7.83. The Morgan fingerprint density at radius 1 is 1.79 bits per heavy atom. The molecule has 0 spiro atoms. The van der Waals surface area contributed by atoms with Crippen molar-refractivity contribution in [2.45, 2.75) is 13.0 Å². The molecule has 1 unspecified atom stereocenters. The van der Waals surface area contributed by atoms with Gasteiger partial charge in [-0.1, -0.05) is 17.7 Å². The highest BCUT2D eigenvalue weighted by molar-refractivity contribution is 6.33. The third-order valence-corrected chi connectivity index (χ3v) is 2.03. The lowest BCUT2D eigenvalue weighted by molar-refractivity contribution is 0.0947. The van der Waals surface area contributed by atoms with Crippen molar-refractivity contribution in [2.24, 2.45) is 0 Å². The summed E-state index contributed by atoms with van der Waals surface area (Å²) in [7, 11) is 0. The third-order valence-electron chi connectivity index (χ3n) is 1.73. The van der Waals surface area contributed by atoms with E-state index < -0.39 is 0 Å². The number of hydrogen-bond donors (Lipinski definition) is 1.